The SMILES string of the molecule is CCOC(=O)c1cc(-c2cn3nccc3c(-c3cnn([C@]4(CNC)C[C@@H](OC)C4)c3)n2)[nH]n1. The van der Waals surface area contributed by atoms with E-state index in [0.29, 0.717) is 11.4 Å². The van der Waals surface area contributed by atoms with E-state index in [-0.39, 0.29) is 23.9 Å². The number of rotatable bonds is 8. The van der Waals surface area contributed by atoms with Crippen LogP contribution in [0, 0.1) is 0 Å². The summed E-state index contributed by atoms with van der Waals surface area (Å²) in [5.74, 6) is -0.480. The molecule has 4 heterocycles. The fourth-order valence-electron chi connectivity index (χ4n) is 4.43. The van der Waals surface area contributed by atoms with Gasteiger partial charge in [-0.25, -0.2) is 14.3 Å². The summed E-state index contributed by atoms with van der Waals surface area (Å²) in [6, 6.07) is 3.54. The van der Waals surface area contributed by atoms with E-state index in [1.54, 1.807) is 37.0 Å². The predicted molar refractivity (Wildman–Crippen MR) is 120 cm³/mol. The van der Waals surface area contributed by atoms with Crippen LogP contribution in [0.2, 0.25) is 0 Å². The molecule has 11 nitrogen and oxygen atoms in total. The number of nitrogens with zero attached hydrogens (tertiary/aromatic N) is 6. The van der Waals surface area contributed by atoms with E-state index in [1.807, 2.05) is 30.2 Å². The molecule has 172 valence electrons. The fraction of sp³-hybridized carbons (Fsp3) is 0.409. The third-order valence-corrected chi connectivity index (χ3v) is 6.12. The fourth-order valence-corrected chi connectivity index (χ4v) is 4.43. The number of carbonyl (C=O) groups is 1. The van der Waals surface area contributed by atoms with E-state index >= 15 is 0 Å². The van der Waals surface area contributed by atoms with Crippen LogP contribution in [-0.2, 0) is 15.0 Å². The largest absolute Gasteiger partial charge is 0.461 e. The molecule has 0 bridgehead atoms. The number of carbonyl (C=O) groups excluding carboxylic acids is 1. The van der Waals surface area contributed by atoms with Crippen molar-refractivity contribution in [3.8, 4) is 22.6 Å². The van der Waals surface area contributed by atoms with Gasteiger partial charge in [0.2, 0.25) is 0 Å². The lowest BCUT2D eigenvalue weighted by atomic mass is 9.74. The van der Waals surface area contributed by atoms with Gasteiger partial charge in [-0.2, -0.15) is 15.3 Å². The van der Waals surface area contributed by atoms with E-state index in [2.05, 4.69) is 25.7 Å². The minimum absolute atomic E-state index is 0.125. The first kappa shape index (κ1) is 21.3. The Hall–Kier alpha value is -3.57. The van der Waals surface area contributed by atoms with E-state index in [9.17, 15) is 4.79 Å². The standard InChI is InChI=1S/C22H26N8O3/c1-4-33-21(31)17-7-16(27-28-17)18-12-29-19(5-6-24-29)20(26-18)14-10-25-30(11-14)22(13-23-2)8-15(9-22)32-3/h5-7,10-12,15,23H,4,8-9,13H2,1-3H3,(H,27,28)/t15-,22-. The Morgan fingerprint density at radius 3 is 2.94 bits per heavy atom. The zero-order chi connectivity index (χ0) is 23.0. The molecule has 1 aliphatic carbocycles. The highest BCUT2D eigenvalue weighted by molar-refractivity contribution is 5.88. The first-order valence-corrected chi connectivity index (χ1v) is 10.9. The molecule has 0 aliphatic heterocycles. The Balaban J connectivity index is 1.52. The van der Waals surface area contributed by atoms with E-state index in [0.717, 1.165) is 36.2 Å². The van der Waals surface area contributed by atoms with Crippen LogP contribution in [0.1, 0.15) is 30.3 Å². The molecule has 0 atom stereocenters. The number of ether oxygens (including phenoxy) is 2. The Morgan fingerprint density at radius 1 is 1.33 bits per heavy atom. The maximum atomic E-state index is 12.0. The van der Waals surface area contributed by atoms with Crippen LogP contribution in [0.3, 0.4) is 0 Å². The van der Waals surface area contributed by atoms with Crippen molar-refractivity contribution in [3.63, 3.8) is 0 Å². The Labute approximate surface area is 190 Å². The van der Waals surface area contributed by atoms with Gasteiger partial charge in [-0.1, -0.05) is 0 Å². The molecule has 0 amide bonds. The number of methoxy groups -OCH3 is 1. The van der Waals surface area contributed by atoms with Crippen molar-refractivity contribution >= 4 is 11.5 Å². The minimum Gasteiger partial charge on any atom is -0.461 e. The first-order chi connectivity index (χ1) is 16.1. The first-order valence-electron chi connectivity index (χ1n) is 10.9. The lowest BCUT2D eigenvalue weighted by Gasteiger charge is -2.47. The lowest BCUT2D eigenvalue weighted by Crippen LogP contribution is -2.55. The highest BCUT2D eigenvalue weighted by Crippen LogP contribution is 2.41. The second-order valence-electron chi connectivity index (χ2n) is 8.22. The van der Waals surface area contributed by atoms with Crippen molar-refractivity contribution in [2.75, 3.05) is 27.3 Å². The smallest absolute Gasteiger partial charge is 0.358 e. The van der Waals surface area contributed by atoms with Crippen molar-refractivity contribution in [2.24, 2.45) is 0 Å². The van der Waals surface area contributed by atoms with E-state index in [4.69, 9.17) is 14.5 Å². The second-order valence-corrected chi connectivity index (χ2v) is 8.22. The predicted octanol–water partition coefficient (Wildman–Crippen LogP) is 1.88. The van der Waals surface area contributed by atoms with Crippen LogP contribution in [0.5, 0.6) is 0 Å². The summed E-state index contributed by atoms with van der Waals surface area (Å²) in [6.07, 6.45) is 9.40. The molecule has 5 rings (SSSR count). The molecule has 4 aromatic heterocycles. The molecule has 0 saturated heterocycles. The maximum absolute atomic E-state index is 12.0. The molecule has 1 aliphatic rings. The molecule has 33 heavy (non-hydrogen) atoms. The van der Waals surface area contributed by atoms with Crippen molar-refractivity contribution in [1.29, 1.82) is 0 Å². The quantitative estimate of drug-likeness (QED) is 0.390. The van der Waals surface area contributed by atoms with Crippen LogP contribution in [-0.4, -0.2) is 74.0 Å². The summed E-state index contributed by atoms with van der Waals surface area (Å²) in [5.41, 5.74) is 3.75. The summed E-state index contributed by atoms with van der Waals surface area (Å²) in [6.45, 7) is 2.84. The van der Waals surface area contributed by atoms with Gasteiger partial charge in [0.15, 0.2) is 5.69 Å². The Kier molecular flexibility index (Phi) is 5.43. The number of hydrogen-bond donors (Lipinski definition) is 2. The summed E-state index contributed by atoms with van der Waals surface area (Å²) in [5, 5.41) is 19.3. The summed E-state index contributed by atoms with van der Waals surface area (Å²) in [7, 11) is 3.69. The van der Waals surface area contributed by atoms with Gasteiger partial charge in [-0.15, -0.1) is 0 Å². The minimum atomic E-state index is -0.480. The summed E-state index contributed by atoms with van der Waals surface area (Å²) < 4.78 is 14.3. The van der Waals surface area contributed by atoms with Gasteiger partial charge in [-0.3, -0.25) is 9.78 Å². The Morgan fingerprint density at radius 2 is 2.18 bits per heavy atom. The van der Waals surface area contributed by atoms with Crippen molar-refractivity contribution in [3.05, 3.63) is 42.6 Å². The number of esters is 1. The number of fused-ring (bicyclic) bond motifs is 1. The van der Waals surface area contributed by atoms with E-state index in [1.165, 1.54) is 0 Å². The molecule has 11 heteroatoms. The zero-order valence-electron chi connectivity index (χ0n) is 18.8. The van der Waals surface area contributed by atoms with Gasteiger partial charge in [0.05, 0.1) is 53.7 Å². The van der Waals surface area contributed by atoms with Crippen molar-refractivity contribution < 1.29 is 14.3 Å². The molecule has 2 N–H and O–H groups in total. The van der Waals surface area contributed by atoms with Gasteiger partial charge < -0.3 is 14.8 Å². The molecule has 0 aromatic carbocycles. The number of aromatic amines is 1. The van der Waals surface area contributed by atoms with Crippen molar-refractivity contribution in [2.45, 2.75) is 31.4 Å². The van der Waals surface area contributed by atoms with Crippen LogP contribution in [0.4, 0.5) is 0 Å². The third kappa shape index (κ3) is 3.68. The normalized spacial score (nSPS) is 20.2. The number of aromatic nitrogens is 7. The van der Waals surface area contributed by atoms with Gasteiger partial charge in [0, 0.05) is 44.3 Å². The highest BCUT2D eigenvalue weighted by Gasteiger charge is 2.46. The monoisotopic (exact) mass is 450 g/mol. The molecule has 0 spiro atoms. The maximum Gasteiger partial charge on any atom is 0.358 e. The third-order valence-electron chi connectivity index (χ3n) is 6.12. The number of likely N-dealkylation sites (N-methyl/N-ethyl adjacent to an activating group) is 1. The van der Waals surface area contributed by atoms with Gasteiger partial charge in [0.1, 0.15) is 5.69 Å². The van der Waals surface area contributed by atoms with E-state index < -0.39 is 5.97 Å². The van der Waals surface area contributed by atoms with Crippen LogP contribution in [0.15, 0.2) is 36.9 Å². The Bertz CT molecular complexity index is 1280. The van der Waals surface area contributed by atoms with Crippen LogP contribution < -0.4 is 5.32 Å². The molecule has 4 aromatic rings. The lowest BCUT2D eigenvalue weighted by molar-refractivity contribution is -0.0547. The average molecular weight is 451 g/mol. The molecular weight excluding hydrogens is 424 g/mol. The zero-order valence-corrected chi connectivity index (χ0v) is 18.8. The van der Waals surface area contributed by atoms with Gasteiger partial charge in [0.25, 0.3) is 0 Å². The molecule has 1 fully saturated rings. The molecule has 0 unspecified atom stereocenters. The number of H-pyrrole nitrogens is 1. The average Bonchev–Trinajstić information content (AvgIpc) is 3.55. The molecule has 1 saturated carbocycles. The van der Waals surface area contributed by atoms with Crippen LogP contribution in [0.25, 0.3) is 28.2 Å². The van der Waals surface area contributed by atoms with Crippen LogP contribution >= 0.6 is 0 Å². The molecular formula is C22H26N8O3. The topological polar surface area (TPSA) is 124 Å². The summed E-state index contributed by atoms with van der Waals surface area (Å²) in [4.78, 5) is 16.9. The van der Waals surface area contributed by atoms with Gasteiger partial charge >= 0.3 is 5.97 Å². The highest BCUT2D eigenvalue weighted by atomic mass is 16.5. The number of hydrogen-bond acceptors (Lipinski definition) is 8. The second kappa shape index (κ2) is 8.41. The number of nitrogens with one attached hydrogen (secondary N) is 2. The summed E-state index contributed by atoms with van der Waals surface area (Å²) >= 11 is 0. The molecule has 0 radical (unpaired) electrons. The van der Waals surface area contributed by atoms with Gasteiger partial charge in [-0.05, 0) is 20.0 Å². The van der Waals surface area contributed by atoms with Crippen molar-refractivity contribution in [1.82, 2.24) is 39.9 Å².